The predicted molar refractivity (Wildman–Crippen MR) is 103 cm³/mol. The number of hydrogen-bond acceptors (Lipinski definition) is 4. The number of aryl methyl sites for hydroxylation is 1. The molecule has 0 saturated carbocycles. The summed E-state index contributed by atoms with van der Waals surface area (Å²) in [5.41, 5.74) is 3.85. The maximum Gasteiger partial charge on any atom is 0.162 e. The van der Waals surface area contributed by atoms with Gasteiger partial charge in [0, 0.05) is 6.07 Å². The normalized spacial score (nSPS) is 11.4. The molecule has 0 fully saturated rings. The molecule has 0 saturated heterocycles. The quantitative estimate of drug-likeness (QED) is 0.644. The van der Waals surface area contributed by atoms with Crippen LogP contribution in [0.3, 0.4) is 0 Å². The molecule has 0 unspecified atom stereocenters. The number of benzene rings is 2. The first-order valence-corrected chi connectivity index (χ1v) is 8.52. The van der Waals surface area contributed by atoms with E-state index in [0.29, 0.717) is 40.1 Å². The number of aromatic amines is 1. The van der Waals surface area contributed by atoms with Crippen molar-refractivity contribution in [2.24, 2.45) is 0 Å². The van der Waals surface area contributed by atoms with Gasteiger partial charge in [0.25, 0.3) is 0 Å². The Bertz CT molecular complexity index is 1030. The molecule has 2 aromatic carbocycles. The number of halogens is 1. The molecule has 0 atom stereocenters. The Morgan fingerprint density at radius 2 is 2.12 bits per heavy atom. The van der Waals surface area contributed by atoms with E-state index < -0.39 is 0 Å². The third-order valence-corrected chi connectivity index (χ3v) is 4.22. The molecule has 0 bridgehead atoms. The number of imidazole rings is 1. The number of rotatable bonds is 5. The van der Waals surface area contributed by atoms with Crippen LogP contribution in [0.25, 0.3) is 22.7 Å². The Kier molecular flexibility index (Phi) is 5.15. The number of aromatic nitrogens is 2. The summed E-state index contributed by atoms with van der Waals surface area (Å²) in [5.74, 6) is 1.62. The molecule has 0 amide bonds. The van der Waals surface area contributed by atoms with Crippen molar-refractivity contribution in [2.75, 3.05) is 13.7 Å². The van der Waals surface area contributed by atoms with Crippen LogP contribution in [0.2, 0.25) is 5.02 Å². The molecule has 6 heteroatoms. The minimum atomic E-state index is 0.383. The Morgan fingerprint density at radius 1 is 1.31 bits per heavy atom. The van der Waals surface area contributed by atoms with Crippen molar-refractivity contribution in [3.05, 3.63) is 52.3 Å². The molecule has 1 N–H and O–H groups in total. The first-order chi connectivity index (χ1) is 12.5. The number of ether oxygens (including phenoxy) is 2. The van der Waals surface area contributed by atoms with Gasteiger partial charge in [-0.3, -0.25) is 0 Å². The highest BCUT2D eigenvalue weighted by atomic mass is 35.5. The number of nitrogens with zero attached hydrogens (tertiary/aromatic N) is 2. The van der Waals surface area contributed by atoms with Gasteiger partial charge in [0.2, 0.25) is 0 Å². The minimum absolute atomic E-state index is 0.383. The molecule has 3 aromatic rings. The number of hydrogen-bond donors (Lipinski definition) is 1. The van der Waals surface area contributed by atoms with Gasteiger partial charge in [-0.1, -0.05) is 17.7 Å². The molecule has 1 heterocycles. The fourth-order valence-corrected chi connectivity index (χ4v) is 2.86. The summed E-state index contributed by atoms with van der Waals surface area (Å²) in [4.78, 5) is 7.69. The molecule has 3 rings (SSSR count). The average Bonchev–Trinajstić information content (AvgIpc) is 3.04. The largest absolute Gasteiger partial charge is 0.493 e. The summed E-state index contributed by atoms with van der Waals surface area (Å²) in [6, 6.07) is 11.5. The number of fused-ring (bicyclic) bond motifs is 1. The maximum absolute atomic E-state index is 9.61. The molecule has 0 aliphatic carbocycles. The van der Waals surface area contributed by atoms with E-state index in [1.807, 2.05) is 32.0 Å². The highest BCUT2D eigenvalue weighted by Gasteiger charge is 2.13. The molecule has 132 valence electrons. The Labute approximate surface area is 156 Å². The van der Waals surface area contributed by atoms with Crippen LogP contribution in [-0.2, 0) is 0 Å². The lowest BCUT2D eigenvalue weighted by atomic mass is 10.1. The monoisotopic (exact) mass is 367 g/mol. The number of allylic oxidation sites excluding steroid dienone is 1. The number of methoxy groups -OCH3 is 1. The van der Waals surface area contributed by atoms with Gasteiger partial charge in [-0.15, -0.1) is 0 Å². The highest BCUT2D eigenvalue weighted by Crippen LogP contribution is 2.35. The zero-order chi connectivity index (χ0) is 18.7. The fraction of sp³-hybridized carbons (Fsp3) is 0.200. The van der Waals surface area contributed by atoms with Gasteiger partial charge >= 0.3 is 0 Å². The average molecular weight is 368 g/mol. The summed E-state index contributed by atoms with van der Waals surface area (Å²) in [5, 5.41) is 10.1. The second kappa shape index (κ2) is 7.51. The van der Waals surface area contributed by atoms with Gasteiger partial charge in [-0.05, 0) is 49.2 Å². The molecular formula is C20H18ClN3O2. The number of nitrogens with one attached hydrogen (secondary N) is 1. The van der Waals surface area contributed by atoms with Crippen LogP contribution in [0.1, 0.15) is 23.9 Å². The third-order valence-electron chi connectivity index (χ3n) is 3.90. The Balaban J connectivity index is 2.08. The number of nitriles is 1. The Hall–Kier alpha value is -2.97. The third kappa shape index (κ3) is 3.51. The summed E-state index contributed by atoms with van der Waals surface area (Å²) in [6.45, 7) is 4.39. The summed E-state index contributed by atoms with van der Waals surface area (Å²) in [6.07, 6.45) is 1.69. The smallest absolute Gasteiger partial charge is 0.162 e. The van der Waals surface area contributed by atoms with E-state index in [2.05, 4.69) is 16.0 Å². The Morgan fingerprint density at radius 3 is 2.81 bits per heavy atom. The van der Waals surface area contributed by atoms with E-state index in [-0.39, 0.29) is 0 Å². The maximum atomic E-state index is 9.61. The SMILES string of the molecule is CCOc1cc(C=C(C#N)c2nc3ccc(C)cc3[nH]2)c(Cl)cc1OC. The molecule has 0 aliphatic heterocycles. The first-order valence-electron chi connectivity index (χ1n) is 8.14. The highest BCUT2D eigenvalue weighted by molar-refractivity contribution is 6.32. The second-order valence-corrected chi connectivity index (χ2v) is 6.14. The molecule has 1 aromatic heterocycles. The van der Waals surface area contributed by atoms with Gasteiger partial charge in [0.15, 0.2) is 11.5 Å². The van der Waals surface area contributed by atoms with Crippen molar-refractivity contribution in [1.29, 1.82) is 5.26 Å². The van der Waals surface area contributed by atoms with E-state index in [9.17, 15) is 5.26 Å². The van der Waals surface area contributed by atoms with Crippen LogP contribution in [-0.4, -0.2) is 23.7 Å². The second-order valence-electron chi connectivity index (χ2n) is 5.73. The van der Waals surface area contributed by atoms with Crippen LogP contribution in [0.15, 0.2) is 30.3 Å². The molecular weight excluding hydrogens is 350 g/mol. The van der Waals surface area contributed by atoms with Crippen molar-refractivity contribution < 1.29 is 9.47 Å². The number of H-pyrrole nitrogens is 1. The van der Waals surface area contributed by atoms with Gasteiger partial charge < -0.3 is 14.5 Å². The fourth-order valence-electron chi connectivity index (χ4n) is 2.65. The van der Waals surface area contributed by atoms with Crippen LogP contribution in [0.5, 0.6) is 11.5 Å². The lowest BCUT2D eigenvalue weighted by Crippen LogP contribution is -1.96. The zero-order valence-corrected chi connectivity index (χ0v) is 15.5. The van der Waals surface area contributed by atoms with E-state index in [0.717, 1.165) is 16.6 Å². The summed E-state index contributed by atoms with van der Waals surface area (Å²) in [7, 11) is 1.56. The van der Waals surface area contributed by atoms with Crippen LogP contribution < -0.4 is 9.47 Å². The van der Waals surface area contributed by atoms with Crippen molar-refractivity contribution in [2.45, 2.75) is 13.8 Å². The summed E-state index contributed by atoms with van der Waals surface area (Å²) >= 11 is 6.35. The predicted octanol–water partition coefficient (Wildman–Crippen LogP) is 5.00. The van der Waals surface area contributed by atoms with Crippen molar-refractivity contribution in [3.63, 3.8) is 0 Å². The van der Waals surface area contributed by atoms with Gasteiger partial charge in [0.05, 0.1) is 35.3 Å². The van der Waals surface area contributed by atoms with Crippen molar-refractivity contribution in [1.82, 2.24) is 9.97 Å². The molecule has 0 aliphatic rings. The van der Waals surface area contributed by atoms with E-state index in [4.69, 9.17) is 21.1 Å². The molecule has 5 nitrogen and oxygen atoms in total. The van der Waals surface area contributed by atoms with Gasteiger partial charge in [-0.2, -0.15) is 5.26 Å². The molecule has 0 spiro atoms. The van der Waals surface area contributed by atoms with Crippen LogP contribution in [0.4, 0.5) is 0 Å². The van der Waals surface area contributed by atoms with Crippen molar-refractivity contribution >= 4 is 34.3 Å². The lowest BCUT2D eigenvalue weighted by molar-refractivity contribution is 0.311. The zero-order valence-electron chi connectivity index (χ0n) is 14.8. The van der Waals surface area contributed by atoms with Crippen molar-refractivity contribution in [3.8, 4) is 17.6 Å². The van der Waals surface area contributed by atoms with Gasteiger partial charge in [-0.25, -0.2) is 4.98 Å². The van der Waals surface area contributed by atoms with E-state index >= 15 is 0 Å². The van der Waals surface area contributed by atoms with E-state index in [1.54, 1.807) is 25.3 Å². The first kappa shape index (κ1) is 17.8. The molecule has 0 radical (unpaired) electrons. The lowest BCUT2D eigenvalue weighted by Gasteiger charge is -2.11. The van der Waals surface area contributed by atoms with Crippen LogP contribution >= 0.6 is 11.6 Å². The minimum Gasteiger partial charge on any atom is -0.493 e. The van der Waals surface area contributed by atoms with Crippen LogP contribution in [0, 0.1) is 18.3 Å². The molecule has 26 heavy (non-hydrogen) atoms. The van der Waals surface area contributed by atoms with E-state index in [1.165, 1.54) is 0 Å². The summed E-state index contributed by atoms with van der Waals surface area (Å²) < 4.78 is 10.9. The standard InChI is InChI=1S/C20H18ClN3O2/c1-4-26-19-9-13(15(21)10-18(19)25-3)8-14(11-22)20-23-16-6-5-12(2)7-17(16)24-20/h5-10H,4H2,1-3H3,(H,23,24). The topological polar surface area (TPSA) is 70.9 Å². The van der Waals surface area contributed by atoms with Gasteiger partial charge in [0.1, 0.15) is 11.9 Å².